The minimum absolute atomic E-state index is 0.267. The first kappa shape index (κ1) is 21.4. The fraction of sp³-hybridized carbons (Fsp3) is 0.185. The molecule has 3 aromatic rings. The van der Waals surface area contributed by atoms with Crippen molar-refractivity contribution in [3.63, 3.8) is 0 Å². The van der Waals surface area contributed by atoms with E-state index in [9.17, 15) is 9.59 Å². The fourth-order valence-electron chi connectivity index (χ4n) is 3.65. The van der Waals surface area contributed by atoms with Crippen LogP contribution in [-0.2, 0) is 9.59 Å². The molecule has 0 atom stereocenters. The second kappa shape index (κ2) is 9.10. The molecule has 5 heteroatoms. The van der Waals surface area contributed by atoms with Crippen LogP contribution in [0.1, 0.15) is 30.0 Å². The second-order valence-electron chi connectivity index (χ2n) is 7.90. The summed E-state index contributed by atoms with van der Waals surface area (Å²) < 4.78 is 5.66. The van der Waals surface area contributed by atoms with E-state index >= 15 is 0 Å². The molecule has 0 aliphatic carbocycles. The van der Waals surface area contributed by atoms with Crippen LogP contribution in [0.25, 0.3) is 5.57 Å². The number of aryl methyl sites for hydroxylation is 2. The summed E-state index contributed by atoms with van der Waals surface area (Å²) in [6.07, 6.45) is 0.913. The number of rotatable bonds is 7. The Morgan fingerprint density at radius 1 is 0.844 bits per heavy atom. The molecule has 5 nitrogen and oxygen atoms in total. The summed E-state index contributed by atoms with van der Waals surface area (Å²) in [5.41, 5.74) is 4.70. The molecule has 1 aliphatic rings. The van der Waals surface area contributed by atoms with Gasteiger partial charge in [0.05, 0.1) is 17.9 Å². The first-order valence-corrected chi connectivity index (χ1v) is 10.7. The lowest BCUT2D eigenvalue weighted by atomic mass is 10.0. The van der Waals surface area contributed by atoms with Crippen LogP contribution in [0, 0.1) is 13.8 Å². The molecular weight excluding hydrogens is 400 g/mol. The van der Waals surface area contributed by atoms with Gasteiger partial charge in [-0.05, 0) is 67.8 Å². The van der Waals surface area contributed by atoms with E-state index in [4.69, 9.17) is 4.74 Å². The summed E-state index contributed by atoms with van der Waals surface area (Å²) in [6.45, 7) is 6.62. The number of imide groups is 1. The lowest BCUT2D eigenvalue weighted by molar-refractivity contribution is -0.120. The van der Waals surface area contributed by atoms with Gasteiger partial charge in [-0.25, -0.2) is 4.90 Å². The van der Waals surface area contributed by atoms with Crippen molar-refractivity contribution in [2.45, 2.75) is 27.2 Å². The number of benzene rings is 3. The molecule has 0 radical (unpaired) electrons. The Bertz CT molecular complexity index is 1180. The van der Waals surface area contributed by atoms with E-state index in [-0.39, 0.29) is 17.5 Å². The van der Waals surface area contributed by atoms with Crippen molar-refractivity contribution < 1.29 is 14.3 Å². The first-order valence-electron chi connectivity index (χ1n) is 10.7. The molecule has 0 saturated heterocycles. The molecule has 1 N–H and O–H groups in total. The molecule has 0 saturated carbocycles. The number of carbonyl (C=O) groups excluding carboxylic acids is 2. The standard InChI is InChI=1S/C27H26N2O3/c1-4-16-32-23-14-10-20(11-15-23)24-25(28-21-7-5-6-19(3)17-21)27(31)29(26(24)30)22-12-8-18(2)9-13-22/h5-15,17,28H,4,16H2,1-3H3. The molecule has 3 aromatic carbocycles. The predicted molar refractivity (Wildman–Crippen MR) is 128 cm³/mol. The Balaban J connectivity index is 1.76. The van der Waals surface area contributed by atoms with Crippen LogP contribution in [0.2, 0.25) is 0 Å². The van der Waals surface area contributed by atoms with Crippen LogP contribution in [0.15, 0.2) is 78.5 Å². The topological polar surface area (TPSA) is 58.6 Å². The number of amides is 2. The SMILES string of the molecule is CCCOc1ccc(C2=C(Nc3cccc(C)c3)C(=O)N(c3ccc(C)cc3)C2=O)cc1. The average molecular weight is 427 g/mol. The van der Waals surface area contributed by atoms with E-state index in [1.54, 1.807) is 12.1 Å². The highest BCUT2D eigenvalue weighted by Gasteiger charge is 2.40. The van der Waals surface area contributed by atoms with Gasteiger partial charge in [0.25, 0.3) is 11.8 Å². The summed E-state index contributed by atoms with van der Waals surface area (Å²) in [7, 11) is 0. The Kier molecular flexibility index (Phi) is 6.08. The first-order chi connectivity index (χ1) is 15.5. The largest absolute Gasteiger partial charge is 0.494 e. The molecule has 0 bridgehead atoms. The average Bonchev–Trinajstić information content (AvgIpc) is 3.03. The van der Waals surface area contributed by atoms with Crippen LogP contribution >= 0.6 is 0 Å². The summed E-state index contributed by atoms with van der Waals surface area (Å²) >= 11 is 0. The zero-order valence-electron chi connectivity index (χ0n) is 18.5. The highest BCUT2D eigenvalue weighted by Crippen LogP contribution is 2.34. The zero-order valence-corrected chi connectivity index (χ0v) is 18.5. The van der Waals surface area contributed by atoms with Crippen LogP contribution in [0.4, 0.5) is 11.4 Å². The number of carbonyl (C=O) groups is 2. The third kappa shape index (κ3) is 4.28. The normalized spacial score (nSPS) is 13.7. The molecular formula is C27H26N2O3. The molecule has 0 aromatic heterocycles. The van der Waals surface area contributed by atoms with Crippen molar-refractivity contribution in [1.29, 1.82) is 0 Å². The van der Waals surface area contributed by atoms with Crippen molar-refractivity contribution in [1.82, 2.24) is 0 Å². The van der Waals surface area contributed by atoms with E-state index in [2.05, 4.69) is 5.32 Å². The van der Waals surface area contributed by atoms with Gasteiger partial charge in [-0.3, -0.25) is 9.59 Å². The van der Waals surface area contributed by atoms with E-state index in [0.29, 0.717) is 23.4 Å². The smallest absolute Gasteiger partial charge is 0.282 e. The minimum Gasteiger partial charge on any atom is -0.494 e. The van der Waals surface area contributed by atoms with Crippen molar-refractivity contribution in [2.24, 2.45) is 0 Å². The second-order valence-corrected chi connectivity index (χ2v) is 7.90. The number of ether oxygens (including phenoxy) is 1. The number of nitrogens with one attached hydrogen (secondary N) is 1. The maximum absolute atomic E-state index is 13.5. The van der Waals surface area contributed by atoms with Gasteiger partial charge >= 0.3 is 0 Å². The molecule has 0 spiro atoms. The Labute approximate surface area is 188 Å². The van der Waals surface area contributed by atoms with Crippen LogP contribution < -0.4 is 15.0 Å². The lowest BCUT2D eigenvalue weighted by Gasteiger charge is -2.15. The Morgan fingerprint density at radius 2 is 1.56 bits per heavy atom. The quantitative estimate of drug-likeness (QED) is 0.508. The van der Waals surface area contributed by atoms with E-state index in [0.717, 1.165) is 29.0 Å². The minimum atomic E-state index is -0.373. The number of anilines is 2. The fourth-order valence-corrected chi connectivity index (χ4v) is 3.65. The van der Waals surface area contributed by atoms with E-state index in [1.807, 2.05) is 81.4 Å². The number of hydrogen-bond donors (Lipinski definition) is 1. The van der Waals surface area contributed by atoms with Crippen molar-refractivity contribution >= 4 is 28.8 Å². The van der Waals surface area contributed by atoms with Crippen LogP contribution in [-0.4, -0.2) is 18.4 Å². The van der Waals surface area contributed by atoms with Gasteiger partial charge in [-0.2, -0.15) is 0 Å². The number of nitrogens with zero attached hydrogens (tertiary/aromatic N) is 1. The van der Waals surface area contributed by atoms with Crippen LogP contribution in [0.3, 0.4) is 0 Å². The molecule has 1 aliphatic heterocycles. The van der Waals surface area contributed by atoms with Gasteiger partial charge in [0, 0.05) is 5.69 Å². The lowest BCUT2D eigenvalue weighted by Crippen LogP contribution is -2.32. The predicted octanol–water partition coefficient (Wildman–Crippen LogP) is 5.49. The van der Waals surface area contributed by atoms with Gasteiger partial charge in [-0.15, -0.1) is 0 Å². The highest BCUT2D eigenvalue weighted by molar-refractivity contribution is 6.46. The third-order valence-corrected chi connectivity index (χ3v) is 5.28. The molecule has 2 amide bonds. The summed E-state index contributed by atoms with van der Waals surface area (Å²) in [6, 6.07) is 22.4. The number of hydrogen-bond acceptors (Lipinski definition) is 4. The van der Waals surface area contributed by atoms with Crippen molar-refractivity contribution in [3.8, 4) is 5.75 Å². The van der Waals surface area contributed by atoms with Gasteiger partial charge in [0.15, 0.2) is 0 Å². The van der Waals surface area contributed by atoms with Crippen molar-refractivity contribution in [3.05, 3.63) is 95.2 Å². The molecule has 0 fully saturated rings. The van der Waals surface area contributed by atoms with Gasteiger partial charge in [0.1, 0.15) is 11.4 Å². The Hall–Kier alpha value is -3.86. The maximum atomic E-state index is 13.5. The summed E-state index contributed by atoms with van der Waals surface area (Å²) in [4.78, 5) is 28.2. The van der Waals surface area contributed by atoms with Gasteiger partial charge < -0.3 is 10.1 Å². The zero-order chi connectivity index (χ0) is 22.7. The molecule has 1 heterocycles. The molecule has 0 unspecified atom stereocenters. The summed E-state index contributed by atoms with van der Waals surface area (Å²) in [5, 5.41) is 3.21. The van der Waals surface area contributed by atoms with E-state index in [1.165, 1.54) is 4.90 Å². The van der Waals surface area contributed by atoms with Gasteiger partial charge in [0.2, 0.25) is 0 Å². The highest BCUT2D eigenvalue weighted by atomic mass is 16.5. The molecule has 4 rings (SSSR count). The molecule has 162 valence electrons. The van der Waals surface area contributed by atoms with E-state index < -0.39 is 0 Å². The monoisotopic (exact) mass is 426 g/mol. The maximum Gasteiger partial charge on any atom is 0.282 e. The third-order valence-electron chi connectivity index (χ3n) is 5.28. The Morgan fingerprint density at radius 3 is 2.22 bits per heavy atom. The summed E-state index contributed by atoms with van der Waals surface area (Å²) in [5.74, 6) is 0.00876. The van der Waals surface area contributed by atoms with Crippen molar-refractivity contribution in [2.75, 3.05) is 16.8 Å². The van der Waals surface area contributed by atoms with Crippen LogP contribution in [0.5, 0.6) is 5.75 Å². The van der Waals surface area contributed by atoms with Gasteiger partial charge in [-0.1, -0.05) is 48.9 Å². The molecule has 32 heavy (non-hydrogen) atoms.